The van der Waals surface area contributed by atoms with E-state index in [1.807, 2.05) is 34.6 Å². The number of allylic oxidation sites excluding steroid dienone is 1. The molecule has 208 valence electrons. The van der Waals surface area contributed by atoms with Gasteiger partial charge in [-0.2, -0.15) is 0 Å². The van der Waals surface area contributed by atoms with Gasteiger partial charge in [0.25, 0.3) is 11.8 Å². The molecule has 1 aliphatic carbocycles. The molecular weight excluding hydrogens is 486 g/mol. The first-order chi connectivity index (χ1) is 18.0. The molecule has 2 fully saturated rings. The maximum atomic E-state index is 14.0. The van der Waals surface area contributed by atoms with E-state index in [1.54, 1.807) is 4.90 Å². The van der Waals surface area contributed by atoms with Crippen LogP contribution in [0.5, 0.6) is 0 Å². The number of ether oxygens (including phenoxy) is 1. The molecule has 3 rings (SSSR count). The number of hydrogen-bond acceptors (Lipinski definition) is 7. The van der Waals surface area contributed by atoms with Gasteiger partial charge in [0.2, 0.25) is 5.91 Å². The van der Waals surface area contributed by atoms with Gasteiger partial charge in [-0.05, 0) is 54.9 Å². The Morgan fingerprint density at radius 2 is 1.76 bits per heavy atom. The molecule has 0 bridgehead atoms. The maximum Gasteiger partial charge on any atom is 0.328 e. The van der Waals surface area contributed by atoms with Crippen molar-refractivity contribution in [3.8, 4) is 0 Å². The Morgan fingerprint density at radius 1 is 1.08 bits per heavy atom. The zero-order valence-electron chi connectivity index (χ0n) is 23.4. The van der Waals surface area contributed by atoms with E-state index in [0.29, 0.717) is 25.8 Å². The zero-order valence-corrected chi connectivity index (χ0v) is 23.4. The lowest BCUT2D eigenvalue weighted by Gasteiger charge is -2.36. The first-order valence-electron chi connectivity index (χ1n) is 13.4. The van der Waals surface area contributed by atoms with Crippen LogP contribution in [-0.2, 0) is 19.1 Å². The Balaban J connectivity index is 1.90. The number of carbonyl (C=O) groups excluding carboxylic acids is 4. The number of hydrogen-bond donors (Lipinski definition) is 2. The van der Waals surface area contributed by atoms with Crippen molar-refractivity contribution >= 4 is 23.7 Å². The van der Waals surface area contributed by atoms with E-state index in [1.165, 1.54) is 25.7 Å². The minimum atomic E-state index is -0.930. The Morgan fingerprint density at radius 3 is 2.32 bits per heavy atom. The highest BCUT2D eigenvalue weighted by molar-refractivity contribution is 6.04. The lowest BCUT2D eigenvalue weighted by Crippen LogP contribution is -2.58. The Hall–Kier alpha value is -3.30. The minimum Gasteiger partial charge on any atom is -0.467 e. The van der Waals surface area contributed by atoms with Crippen molar-refractivity contribution in [2.45, 2.75) is 85.2 Å². The second-order valence-corrected chi connectivity index (χ2v) is 11.6. The smallest absolute Gasteiger partial charge is 0.328 e. The summed E-state index contributed by atoms with van der Waals surface area (Å²) in [4.78, 5) is 62.9. The number of nitrogens with zero attached hydrogens (tertiary/aromatic N) is 3. The summed E-state index contributed by atoms with van der Waals surface area (Å²) in [6, 6.07) is -1.64. The molecule has 0 radical (unpaired) electrons. The van der Waals surface area contributed by atoms with E-state index in [9.17, 15) is 19.2 Å². The lowest BCUT2D eigenvalue weighted by molar-refractivity contribution is -0.154. The van der Waals surface area contributed by atoms with Gasteiger partial charge in [-0.25, -0.2) is 9.78 Å². The summed E-state index contributed by atoms with van der Waals surface area (Å²) in [5, 5.41) is 5.67. The van der Waals surface area contributed by atoms with Crippen molar-refractivity contribution in [1.82, 2.24) is 25.5 Å². The van der Waals surface area contributed by atoms with Crippen LogP contribution in [0.3, 0.4) is 0 Å². The van der Waals surface area contributed by atoms with E-state index in [4.69, 9.17) is 4.74 Å². The van der Waals surface area contributed by atoms with Crippen LogP contribution in [0.15, 0.2) is 29.9 Å². The average Bonchev–Trinajstić information content (AvgIpc) is 3.35. The highest BCUT2D eigenvalue weighted by Gasteiger charge is 2.47. The molecule has 1 aromatic rings. The molecule has 0 spiro atoms. The number of nitrogens with one attached hydrogen (secondary N) is 2. The Kier molecular flexibility index (Phi) is 9.62. The molecule has 3 amide bonds. The second-order valence-electron chi connectivity index (χ2n) is 11.6. The number of amides is 3. The number of esters is 1. The fourth-order valence-corrected chi connectivity index (χ4v) is 5.33. The van der Waals surface area contributed by atoms with Crippen LogP contribution in [-0.4, -0.2) is 64.3 Å². The molecule has 2 heterocycles. The molecule has 2 aliphatic rings. The molecular formula is C28H41N5O5. The first kappa shape index (κ1) is 29.3. The SMILES string of the molecule is COC(=O)[C@@H]1[C@@H](C(C)C)CCN1C(=O)[C@@H](NC(=O)C(NC(=O)c1cnccn1)=C1CCCCC1)C(C)(C)C. The van der Waals surface area contributed by atoms with Crippen LogP contribution in [0.25, 0.3) is 0 Å². The van der Waals surface area contributed by atoms with Crippen molar-refractivity contribution in [3.05, 3.63) is 35.6 Å². The van der Waals surface area contributed by atoms with Crippen molar-refractivity contribution in [2.75, 3.05) is 13.7 Å². The van der Waals surface area contributed by atoms with Crippen LogP contribution in [0.4, 0.5) is 0 Å². The largest absolute Gasteiger partial charge is 0.467 e. The number of aromatic nitrogens is 2. The fourth-order valence-electron chi connectivity index (χ4n) is 5.33. The number of likely N-dealkylation sites (tertiary alicyclic amines) is 1. The Labute approximate surface area is 225 Å². The average molecular weight is 528 g/mol. The van der Waals surface area contributed by atoms with Crippen LogP contribution in [0.1, 0.15) is 83.6 Å². The summed E-state index contributed by atoms with van der Waals surface area (Å²) >= 11 is 0. The normalized spacial score (nSPS) is 20.6. The number of methoxy groups -OCH3 is 1. The van der Waals surface area contributed by atoms with Gasteiger partial charge in [-0.15, -0.1) is 0 Å². The van der Waals surface area contributed by atoms with Gasteiger partial charge in [-0.3, -0.25) is 19.4 Å². The quantitative estimate of drug-likeness (QED) is 0.412. The second kappa shape index (κ2) is 12.5. The van der Waals surface area contributed by atoms with Gasteiger partial charge in [0.1, 0.15) is 23.5 Å². The molecule has 38 heavy (non-hydrogen) atoms. The fraction of sp³-hybridized carbons (Fsp3) is 0.643. The van der Waals surface area contributed by atoms with Gasteiger partial charge >= 0.3 is 5.97 Å². The third kappa shape index (κ3) is 6.76. The molecule has 0 aromatic carbocycles. The van der Waals surface area contributed by atoms with Crippen LogP contribution < -0.4 is 10.6 Å². The van der Waals surface area contributed by atoms with E-state index in [-0.39, 0.29) is 29.1 Å². The highest BCUT2D eigenvalue weighted by atomic mass is 16.5. The van der Waals surface area contributed by atoms with Gasteiger partial charge < -0.3 is 20.3 Å². The van der Waals surface area contributed by atoms with Crippen LogP contribution in [0, 0.1) is 17.3 Å². The highest BCUT2D eigenvalue weighted by Crippen LogP contribution is 2.34. The molecule has 3 atom stereocenters. The van der Waals surface area contributed by atoms with E-state index < -0.39 is 35.3 Å². The van der Waals surface area contributed by atoms with Gasteiger partial charge in [0.15, 0.2) is 0 Å². The van der Waals surface area contributed by atoms with E-state index >= 15 is 0 Å². The van der Waals surface area contributed by atoms with Crippen molar-refractivity contribution in [2.24, 2.45) is 17.3 Å². The topological polar surface area (TPSA) is 131 Å². The summed E-state index contributed by atoms with van der Waals surface area (Å²) in [7, 11) is 1.33. The summed E-state index contributed by atoms with van der Waals surface area (Å²) in [6.07, 6.45) is 9.15. The maximum absolute atomic E-state index is 14.0. The van der Waals surface area contributed by atoms with Crippen LogP contribution in [0.2, 0.25) is 0 Å². The van der Waals surface area contributed by atoms with Gasteiger partial charge in [0, 0.05) is 18.9 Å². The molecule has 2 N–H and O–H groups in total. The van der Waals surface area contributed by atoms with Crippen molar-refractivity contribution < 1.29 is 23.9 Å². The van der Waals surface area contributed by atoms with E-state index in [0.717, 1.165) is 24.8 Å². The van der Waals surface area contributed by atoms with Crippen molar-refractivity contribution in [1.29, 1.82) is 0 Å². The monoisotopic (exact) mass is 527 g/mol. The molecule has 1 saturated carbocycles. The summed E-state index contributed by atoms with van der Waals surface area (Å²) in [5.41, 5.74) is 0.434. The van der Waals surface area contributed by atoms with E-state index in [2.05, 4.69) is 20.6 Å². The first-order valence-corrected chi connectivity index (χ1v) is 13.4. The Bertz CT molecular complexity index is 1060. The standard InChI is InChI=1S/C28H41N5O5/c1-17(2)19-12-15-33(22(19)27(37)38-6)26(36)23(28(3,4)5)32-25(35)21(18-10-8-7-9-11-18)31-24(34)20-16-29-13-14-30-20/h13-14,16-17,19,22-23H,7-12,15H2,1-6H3,(H,31,34)(H,32,35)/t19-,22+,23-/m1/s1. The van der Waals surface area contributed by atoms with Crippen molar-refractivity contribution in [3.63, 3.8) is 0 Å². The predicted octanol–water partition coefficient (Wildman–Crippen LogP) is 3.00. The molecule has 1 saturated heterocycles. The summed E-state index contributed by atoms with van der Waals surface area (Å²) in [5.74, 6) is -1.70. The number of rotatable bonds is 7. The summed E-state index contributed by atoms with van der Waals surface area (Å²) < 4.78 is 5.06. The van der Waals surface area contributed by atoms with Crippen LogP contribution >= 0.6 is 0 Å². The number of carbonyl (C=O) groups is 4. The third-order valence-corrected chi connectivity index (χ3v) is 7.49. The summed E-state index contributed by atoms with van der Waals surface area (Å²) in [6.45, 7) is 10.1. The predicted molar refractivity (Wildman–Crippen MR) is 141 cm³/mol. The molecule has 10 nitrogen and oxygen atoms in total. The third-order valence-electron chi connectivity index (χ3n) is 7.49. The van der Waals surface area contributed by atoms with Gasteiger partial charge in [-0.1, -0.05) is 41.0 Å². The molecule has 1 aliphatic heterocycles. The lowest BCUT2D eigenvalue weighted by atomic mass is 9.84. The molecule has 0 unspecified atom stereocenters. The minimum absolute atomic E-state index is 0.0334. The molecule has 1 aromatic heterocycles. The van der Waals surface area contributed by atoms with Gasteiger partial charge in [0.05, 0.1) is 13.3 Å². The zero-order chi connectivity index (χ0) is 28.0. The molecule has 10 heteroatoms.